The molecule has 0 atom stereocenters. The number of fused-ring (bicyclic) bond motifs is 2. The van der Waals surface area contributed by atoms with Crippen LogP contribution in [-0.4, -0.2) is 79.1 Å². The van der Waals surface area contributed by atoms with Gasteiger partial charge in [0.05, 0.1) is 43.0 Å². The molecule has 2 amide bonds. The van der Waals surface area contributed by atoms with E-state index >= 15 is 0 Å². The zero-order chi connectivity index (χ0) is 24.0. The van der Waals surface area contributed by atoms with Gasteiger partial charge in [0.15, 0.2) is 5.72 Å². The van der Waals surface area contributed by atoms with Crippen molar-refractivity contribution in [1.82, 2.24) is 20.4 Å². The van der Waals surface area contributed by atoms with Crippen molar-refractivity contribution >= 4 is 28.4 Å². The van der Waals surface area contributed by atoms with Crippen molar-refractivity contribution in [2.24, 2.45) is 0 Å². The Morgan fingerprint density at radius 3 is 2.69 bits per heavy atom. The third-order valence-electron chi connectivity index (χ3n) is 7.08. The number of anilines is 1. The first kappa shape index (κ1) is 21.7. The summed E-state index contributed by atoms with van der Waals surface area (Å²) in [4.78, 5) is 30.3. The highest BCUT2D eigenvalue weighted by Gasteiger charge is 2.43. The molecule has 2 fully saturated rings. The Balaban J connectivity index is 1.17. The molecular formula is C25H27N5O5. The molecule has 10 heteroatoms. The van der Waals surface area contributed by atoms with Crippen LogP contribution in [0.5, 0.6) is 11.5 Å². The van der Waals surface area contributed by atoms with Gasteiger partial charge in [0.2, 0.25) is 0 Å². The second kappa shape index (κ2) is 8.46. The summed E-state index contributed by atoms with van der Waals surface area (Å²) in [5.41, 5.74) is 2.00. The first-order valence-electron chi connectivity index (χ1n) is 11.8. The van der Waals surface area contributed by atoms with Gasteiger partial charge in [-0.2, -0.15) is 5.10 Å². The molecule has 0 bridgehead atoms. The minimum atomic E-state index is -0.813. The number of H-pyrrole nitrogens is 1. The van der Waals surface area contributed by atoms with E-state index < -0.39 is 5.72 Å². The summed E-state index contributed by atoms with van der Waals surface area (Å²) in [7, 11) is 1.57. The maximum absolute atomic E-state index is 13.2. The van der Waals surface area contributed by atoms with Crippen LogP contribution in [0, 0.1) is 0 Å². The summed E-state index contributed by atoms with van der Waals surface area (Å²) in [6.45, 7) is 3.89. The molecule has 3 aliphatic rings. The Morgan fingerprint density at radius 1 is 1.11 bits per heavy atom. The number of rotatable bonds is 3. The van der Waals surface area contributed by atoms with Crippen LogP contribution in [-0.2, 0) is 4.74 Å². The number of ether oxygens (including phenoxy) is 3. The number of carbonyl (C=O) groups is 2. The van der Waals surface area contributed by atoms with Gasteiger partial charge in [0.1, 0.15) is 11.5 Å². The van der Waals surface area contributed by atoms with Crippen LogP contribution in [0.25, 0.3) is 10.9 Å². The minimum absolute atomic E-state index is 0.0904. The van der Waals surface area contributed by atoms with Crippen molar-refractivity contribution < 1.29 is 23.8 Å². The Labute approximate surface area is 202 Å². The van der Waals surface area contributed by atoms with Crippen LogP contribution in [0.4, 0.5) is 5.69 Å². The molecular weight excluding hydrogens is 450 g/mol. The molecule has 6 rings (SSSR count). The van der Waals surface area contributed by atoms with E-state index in [1.807, 2.05) is 18.2 Å². The topological polar surface area (TPSA) is 109 Å². The summed E-state index contributed by atoms with van der Waals surface area (Å²) in [5.74, 6) is 0.951. The Morgan fingerprint density at radius 2 is 1.91 bits per heavy atom. The van der Waals surface area contributed by atoms with Gasteiger partial charge in [-0.3, -0.25) is 14.7 Å². The van der Waals surface area contributed by atoms with Crippen molar-refractivity contribution in [3.8, 4) is 11.5 Å². The fourth-order valence-corrected chi connectivity index (χ4v) is 5.10. The first-order chi connectivity index (χ1) is 17.0. The SMILES string of the molecule is COc1cc(C(=O)N2CCC3(CC2)NC(=O)c2cc(N4CCOCC4)ccc2O3)cc2[nH]ncc12. The molecule has 0 unspecified atom stereocenters. The molecule has 10 nitrogen and oxygen atoms in total. The van der Waals surface area contributed by atoms with Gasteiger partial charge >= 0.3 is 0 Å². The lowest BCUT2D eigenvalue weighted by Crippen LogP contribution is -2.61. The van der Waals surface area contributed by atoms with Gasteiger partial charge in [-0.1, -0.05) is 0 Å². The van der Waals surface area contributed by atoms with E-state index in [1.54, 1.807) is 30.3 Å². The second-order valence-corrected chi connectivity index (χ2v) is 9.13. The van der Waals surface area contributed by atoms with E-state index in [9.17, 15) is 9.59 Å². The van der Waals surface area contributed by atoms with E-state index in [-0.39, 0.29) is 11.8 Å². The average molecular weight is 478 g/mol. The number of benzene rings is 2. The minimum Gasteiger partial charge on any atom is -0.496 e. The molecule has 1 aromatic heterocycles. The highest BCUT2D eigenvalue weighted by atomic mass is 16.5. The molecule has 0 saturated carbocycles. The van der Waals surface area contributed by atoms with E-state index in [1.165, 1.54) is 0 Å². The maximum atomic E-state index is 13.2. The quantitative estimate of drug-likeness (QED) is 0.595. The molecule has 0 aliphatic carbocycles. The van der Waals surface area contributed by atoms with Crippen LogP contribution >= 0.6 is 0 Å². The standard InChI is InChI=1S/C25H27N5O5/c1-33-22-13-16(12-20-19(22)15-26-28-20)24(32)30-6-4-25(5-7-30)27-23(31)18-14-17(2-3-21(18)35-25)29-8-10-34-11-9-29/h2-3,12-15H,4-11H2,1H3,(H,26,28)(H,27,31). The predicted octanol–water partition coefficient (Wildman–Crippen LogP) is 2.16. The zero-order valence-electron chi connectivity index (χ0n) is 19.5. The lowest BCUT2D eigenvalue weighted by Gasteiger charge is -2.44. The number of likely N-dealkylation sites (tertiary alicyclic amines) is 1. The van der Waals surface area contributed by atoms with Crippen molar-refractivity contribution in [3.63, 3.8) is 0 Å². The summed E-state index contributed by atoms with van der Waals surface area (Å²) in [6.07, 6.45) is 2.68. The zero-order valence-corrected chi connectivity index (χ0v) is 19.5. The molecule has 35 heavy (non-hydrogen) atoms. The largest absolute Gasteiger partial charge is 0.496 e. The number of piperidine rings is 1. The summed E-state index contributed by atoms with van der Waals surface area (Å²) < 4.78 is 17.2. The fourth-order valence-electron chi connectivity index (χ4n) is 5.10. The maximum Gasteiger partial charge on any atom is 0.258 e. The van der Waals surface area contributed by atoms with Crippen molar-refractivity contribution in [1.29, 1.82) is 0 Å². The monoisotopic (exact) mass is 477 g/mol. The Hall–Kier alpha value is -3.79. The average Bonchev–Trinajstić information content (AvgIpc) is 3.37. The molecule has 2 aromatic carbocycles. The highest BCUT2D eigenvalue weighted by molar-refractivity contribution is 6.00. The van der Waals surface area contributed by atoms with E-state index in [2.05, 4.69) is 20.4 Å². The van der Waals surface area contributed by atoms with Gasteiger partial charge in [0, 0.05) is 50.3 Å². The van der Waals surface area contributed by atoms with Gasteiger partial charge < -0.3 is 29.3 Å². The van der Waals surface area contributed by atoms with Crippen molar-refractivity contribution in [2.45, 2.75) is 18.6 Å². The van der Waals surface area contributed by atoms with Crippen LogP contribution in [0.2, 0.25) is 0 Å². The van der Waals surface area contributed by atoms with Crippen molar-refractivity contribution in [2.75, 3.05) is 51.4 Å². The molecule has 182 valence electrons. The third kappa shape index (κ3) is 3.83. The molecule has 2 N–H and O–H groups in total. The highest BCUT2D eigenvalue weighted by Crippen LogP contribution is 2.36. The number of nitrogens with zero attached hydrogens (tertiary/aromatic N) is 3. The number of amides is 2. The molecule has 3 aliphatic heterocycles. The summed E-state index contributed by atoms with van der Waals surface area (Å²) in [5, 5.41) is 10.9. The molecule has 2 saturated heterocycles. The van der Waals surface area contributed by atoms with Crippen LogP contribution in [0.15, 0.2) is 36.5 Å². The first-order valence-corrected chi connectivity index (χ1v) is 11.8. The Kier molecular flexibility index (Phi) is 5.25. The van der Waals surface area contributed by atoms with Crippen LogP contribution in [0.1, 0.15) is 33.6 Å². The second-order valence-electron chi connectivity index (χ2n) is 9.13. The number of morpholine rings is 1. The van der Waals surface area contributed by atoms with Gasteiger partial charge in [0.25, 0.3) is 11.8 Å². The lowest BCUT2D eigenvalue weighted by molar-refractivity contribution is -0.0245. The number of methoxy groups -OCH3 is 1. The van der Waals surface area contributed by atoms with E-state index in [4.69, 9.17) is 14.2 Å². The summed E-state index contributed by atoms with van der Waals surface area (Å²) in [6, 6.07) is 9.29. The van der Waals surface area contributed by atoms with Gasteiger partial charge in [-0.05, 0) is 30.3 Å². The number of aromatic nitrogens is 2. The van der Waals surface area contributed by atoms with Gasteiger partial charge in [-0.15, -0.1) is 0 Å². The normalized spacial score (nSPS) is 19.3. The summed E-state index contributed by atoms with van der Waals surface area (Å²) >= 11 is 0. The number of hydrogen-bond acceptors (Lipinski definition) is 7. The molecule has 0 radical (unpaired) electrons. The molecule has 3 aromatic rings. The van der Waals surface area contributed by atoms with E-state index in [0.29, 0.717) is 61.8 Å². The number of aromatic amines is 1. The van der Waals surface area contributed by atoms with Crippen LogP contribution < -0.4 is 19.7 Å². The Bertz CT molecular complexity index is 1290. The lowest BCUT2D eigenvalue weighted by atomic mass is 9.96. The fraction of sp³-hybridized carbons (Fsp3) is 0.400. The number of hydrogen-bond donors (Lipinski definition) is 2. The molecule has 4 heterocycles. The van der Waals surface area contributed by atoms with Crippen molar-refractivity contribution in [3.05, 3.63) is 47.7 Å². The van der Waals surface area contributed by atoms with Crippen LogP contribution in [0.3, 0.4) is 0 Å². The van der Waals surface area contributed by atoms with E-state index in [0.717, 1.165) is 29.7 Å². The predicted molar refractivity (Wildman–Crippen MR) is 128 cm³/mol. The molecule has 1 spiro atoms. The number of nitrogens with one attached hydrogen (secondary N) is 2. The smallest absolute Gasteiger partial charge is 0.258 e. The third-order valence-corrected chi connectivity index (χ3v) is 7.08. The number of carbonyl (C=O) groups excluding carboxylic acids is 2. The van der Waals surface area contributed by atoms with Gasteiger partial charge in [-0.25, -0.2) is 0 Å².